The van der Waals surface area contributed by atoms with Gasteiger partial charge in [0.15, 0.2) is 11.5 Å². The standard InChI is InChI=1S/C20H20N4O6/c25-18(22-10-13-3-5-21-6-4-13)19(26)23-11-17-24(7-8-28-17)20(27)14-1-2-15-16(9-14)30-12-29-15/h1-6,9,17H,7-8,10-12H2,(H,22,25)(H,23,26)/t17-/m0/s1. The van der Waals surface area contributed by atoms with Gasteiger partial charge in [-0.25, -0.2) is 0 Å². The number of rotatable bonds is 5. The quantitative estimate of drug-likeness (QED) is 0.666. The largest absolute Gasteiger partial charge is 0.454 e. The first-order valence-corrected chi connectivity index (χ1v) is 9.39. The fraction of sp³-hybridized carbons (Fsp3) is 0.300. The molecule has 4 rings (SSSR count). The van der Waals surface area contributed by atoms with Crippen LogP contribution >= 0.6 is 0 Å². The van der Waals surface area contributed by atoms with Crippen LogP contribution in [0.1, 0.15) is 15.9 Å². The van der Waals surface area contributed by atoms with Gasteiger partial charge in [-0.1, -0.05) is 0 Å². The second kappa shape index (κ2) is 8.78. The Morgan fingerprint density at radius 2 is 1.80 bits per heavy atom. The number of aromatic nitrogens is 1. The molecule has 30 heavy (non-hydrogen) atoms. The van der Waals surface area contributed by atoms with Gasteiger partial charge in [0.05, 0.1) is 13.2 Å². The van der Waals surface area contributed by atoms with E-state index in [4.69, 9.17) is 14.2 Å². The lowest BCUT2D eigenvalue weighted by Crippen LogP contribution is -2.47. The van der Waals surface area contributed by atoms with Crippen LogP contribution in [0.2, 0.25) is 0 Å². The Balaban J connectivity index is 1.30. The molecule has 0 aliphatic carbocycles. The molecule has 0 unspecified atom stereocenters. The first kappa shape index (κ1) is 19.6. The summed E-state index contributed by atoms with van der Waals surface area (Å²) in [7, 11) is 0. The molecule has 10 nitrogen and oxygen atoms in total. The van der Waals surface area contributed by atoms with Gasteiger partial charge in [-0.2, -0.15) is 0 Å². The van der Waals surface area contributed by atoms with Gasteiger partial charge >= 0.3 is 11.8 Å². The fourth-order valence-corrected chi connectivity index (χ4v) is 3.14. The number of nitrogens with one attached hydrogen (secondary N) is 2. The van der Waals surface area contributed by atoms with Gasteiger partial charge in [-0.15, -0.1) is 0 Å². The van der Waals surface area contributed by atoms with Crippen LogP contribution in [0, 0.1) is 0 Å². The van der Waals surface area contributed by atoms with Gasteiger partial charge in [0, 0.05) is 31.0 Å². The second-order valence-corrected chi connectivity index (χ2v) is 6.64. The predicted molar refractivity (Wildman–Crippen MR) is 102 cm³/mol. The maximum Gasteiger partial charge on any atom is 0.309 e. The van der Waals surface area contributed by atoms with Crippen LogP contribution < -0.4 is 20.1 Å². The number of hydrogen-bond acceptors (Lipinski definition) is 7. The monoisotopic (exact) mass is 412 g/mol. The van der Waals surface area contributed by atoms with E-state index in [1.165, 1.54) is 4.90 Å². The molecule has 1 saturated heterocycles. The van der Waals surface area contributed by atoms with Crippen molar-refractivity contribution < 1.29 is 28.6 Å². The highest BCUT2D eigenvalue weighted by Crippen LogP contribution is 2.33. The van der Waals surface area contributed by atoms with E-state index in [1.807, 2.05) is 0 Å². The molecule has 3 amide bonds. The molecule has 2 aliphatic rings. The second-order valence-electron chi connectivity index (χ2n) is 6.64. The van der Waals surface area contributed by atoms with Crippen LogP contribution in [-0.2, 0) is 20.9 Å². The van der Waals surface area contributed by atoms with Crippen molar-refractivity contribution in [3.05, 3.63) is 53.9 Å². The smallest absolute Gasteiger partial charge is 0.309 e. The van der Waals surface area contributed by atoms with E-state index in [0.29, 0.717) is 30.2 Å². The number of benzene rings is 1. The maximum atomic E-state index is 12.8. The van der Waals surface area contributed by atoms with Crippen molar-refractivity contribution in [1.29, 1.82) is 0 Å². The zero-order valence-electron chi connectivity index (χ0n) is 16.0. The molecule has 1 aromatic heterocycles. The molecular weight excluding hydrogens is 392 g/mol. The number of carbonyl (C=O) groups is 3. The highest BCUT2D eigenvalue weighted by Gasteiger charge is 2.32. The summed E-state index contributed by atoms with van der Waals surface area (Å²) in [5.41, 5.74) is 1.25. The molecular formula is C20H20N4O6. The average molecular weight is 412 g/mol. The van der Waals surface area contributed by atoms with Crippen molar-refractivity contribution in [1.82, 2.24) is 20.5 Å². The average Bonchev–Trinajstić information content (AvgIpc) is 3.44. The number of nitrogens with zero attached hydrogens (tertiary/aromatic N) is 2. The molecule has 0 bridgehead atoms. The molecule has 1 aromatic carbocycles. The van der Waals surface area contributed by atoms with E-state index in [0.717, 1.165) is 5.56 Å². The van der Waals surface area contributed by atoms with Gasteiger partial charge in [-0.05, 0) is 35.9 Å². The third-order valence-electron chi connectivity index (χ3n) is 4.72. The normalized spacial score (nSPS) is 16.9. The topological polar surface area (TPSA) is 119 Å². The Kier molecular flexibility index (Phi) is 5.75. The molecule has 0 spiro atoms. The summed E-state index contributed by atoms with van der Waals surface area (Å²) < 4.78 is 16.1. The number of carbonyl (C=O) groups excluding carboxylic acids is 3. The van der Waals surface area contributed by atoms with Gasteiger partial charge in [0.1, 0.15) is 6.23 Å². The summed E-state index contributed by atoms with van der Waals surface area (Å²) in [6.45, 7) is 1.05. The summed E-state index contributed by atoms with van der Waals surface area (Å²) in [5.74, 6) is -0.719. The van der Waals surface area contributed by atoms with Crippen LogP contribution in [0.4, 0.5) is 0 Å². The number of hydrogen-bond donors (Lipinski definition) is 2. The minimum absolute atomic E-state index is 0.00218. The zero-order chi connectivity index (χ0) is 20.9. The van der Waals surface area contributed by atoms with Gasteiger partial charge in [0.2, 0.25) is 6.79 Å². The predicted octanol–water partition coefficient (Wildman–Crippen LogP) is 0.0414. The summed E-state index contributed by atoms with van der Waals surface area (Å²) in [4.78, 5) is 42.3. The lowest BCUT2D eigenvalue weighted by atomic mass is 10.1. The summed E-state index contributed by atoms with van der Waals surface area (Å²) in [6, 6.07) is 8.42. The summed E-state index contributed by atoms with van der Waals surface area (Å²) >= 11 is 0. The Morgan fingerprint density at radius 1 is 1.03 bits per heavy atom. The molecule has 3 heterocycles. The molecule has 0 saturated carbocycles. The maximum absolute atomic E-state index is 12.8. The van der Waals surface area contributed by atoms with Gasteiger partial charge in [0.25, 0.3) is 5.91 Å². The highest BCUT2D eigenvalue weighted by molar-refractivity contribution is 6.35. The minimum atomic E-state index is -0.796. The Bertz CT molecular complexity index is 952. The number of pyridine rings is 1. The number of ether oxygens (including phenoxy) is 3. The van der Waals surface area contributed by atoms with E-state index >= 15 is 0 Å². The van der Waals surface area contributed by atoms with Gasteiger partial charge < -0.3 is 29.7 Å². The Hall–Kier alpha value is -3.66. The lowest BCUT2D eigenvalue weighted by molar-refractivity contribution is -0.139. The first-order valence-electron chi connectivity index (χ1n) is 9.39. The van der Waals surface area contributed by atoms with E-state index in [1.54, 1.807) is 42.7 Å². The van der Waals surface area contributed by atoms with Crippen molar-refractivity contribution in [3.63, 3.8) is 0 Å². The molecule has 2 N–H and O–H groups in total. The molecule has 1 fully saturated rings. The Morgan fingerprint density at radius 3 is 2.63 bits per heavy atom. The summed E-state index contributed by atoms with van der Waals surface area (Å²) in [5, 5.41) is 5.04. The molecule has 2 aromatic rings. The molecule has 156 valence electrons. The van der Waals surface area contributed by atoms with E-state index in [-0.39, 0.29) is 25.8 Å². The number of fused-ring (bicyclic) bond motifs is 1. The Labute approximate surface area is 172 Å². The highest BCUT2D eigenvalue weighted by atomic mass is 16.7. The molecule has 0 radical (unpaired) electrons. The zero-order valence-corrected chi connectivity index (χ0v) is 16.0. The van der Waals surface area contributed by atoms with Crippen LogP contribution in [0.5, 0.6) is 11.5 Å². The van der Waals surface area contributed by atoms with Crippen LogP contribution in [0.15, 0.2) is 42.7 Å². The van der Waals surface area contributed by atoms with E-state index in [9.17, 15) is 14.4 Å². The van der Waals surface area contributed by atoms with Crippen molar-refractivity contribution in [2.24, 2.45) is 0 Å². The summed E-state index contributed by atoms with van der Waals surface area (Å²) in [6.07, 6.45) is 2.54. The van der Waals surface area contributed by atoms with Crippen LogP contribution in [-0.4, -0.2) is 60.3 Å². The third-order valence-corrected chi connectivity index (χ3v) is 4.72. The van der Waals surface area contributed by atoms with Crippen molar-refractivity contribution in [2.45, 2.75) is 12.8 Å². The van der Waals surface area contributed by atoms with Crippen molar-refractivity contribution in [2.75, 3.05) is 26.5 Å². The molecule has 2 aliphatic heterocycles. The van der Waals surface area contributed by atoms with E-state index in [2.05, 4.69) is 15.6 Å². The van der Waals surface area contributed by atoms with E-state index < -0.39 is 18.0 Å². The lowest BCUT2D eigenvalue weighted by Gasteiger charge is -2.23. The SMILES string of the molecule is O=C(NCc1ccncc1)C(=O)NC[C@@H]1OCCN1C(=O)c1ccc2c(c1)OCO2. The van der Waals surface area contributed by atoms with Crippen molar-refractivity contribution in [3.8, 4) is 11.5 Å². The number of amides is 3. The van der Waals surface area contributed by atoms with Crippen LogP contribution in [0.25, 0.3) is 0 Å². The molecule has 1 atom stereocenters. The third kappa shape index (κ3) is 4.33. The van der Waals surface area contributed by atoms with Gasteiger partial charge in [-0.3, -0.25) is 19.4 Å². The fourth-order valence-electron chi connectivity index (χ4n) is 3.14. The molecule has 10 heteroatoms. The minimum Gasteiger partial charge on any atom is -0.454 e. The van der Waals surface area contributed by atoms with Crippen molar-refractivity contribution >= 4 is 17.7 Å². The van der Waals surface area contributed by atoms with Crippen LogP contribution in [0.3, 0.4) is 0 Å². The first-order chi connectivity index (χ1) is 14.6.